The predicted molar refractivity (Wildman–Crippen MR) is 84.6 cm³/mol. The van der Waals surface area contributed by atoms with Gasteiger partial charge in [0.15, 0.2) is 0 Å². The predicted octanol–water partition coefficient (Wildman–Crippen LogP) is 3.29. The van der Waals surface area contributed by atoms with Crippen LogP contribution in [0.15, 0.2) is 65.3 Å². The molecule has 0 aliphatic heterocycles. The molecule has 5 nitrogen and oxygen atoms in total. The number of urea groups is 1. The summed E-state index contributed by atoms with van der Waals surface area (Å²) in [5.74, 6) is 0.422. The van der Waals surface area contributed by atoms with E-state index in [1.54, 1.807) is 12.1 Å². The van der Waals surface area contributed by atoms with Gasteiger partial charge < -0.3 is 20.2 Å². The Morgan fingerprint density at radius 3 is 2.73 bits per heavy atom. The molecule has 0 radical (unpaired) electrons. The highest BCUT2D eigenvalue weighted by atomic mass is 16.4. The van der Waals surface area contributed by atoms with Gasteiger partial charge in [0, 0.05) is 5.39 Å². The van der Waals surface area contributed by atoms with Crippen molar-refractivity contribution >= 4 is 22.5 Å². The number of fused-ring (bicyclic) bond motifs is 1. The molecule has 0 saturated carbocycles. The van der Waals surface area contributed by atoms with Crippen LogP contribution >= 0.6 is 0 Å². The zero-order valence-corrected chi connectivity index (χ0v) is 11.8. The Balaban J connectivity index is 1.64. The number of amides is 2. The number of benzene rings is 2. The van der Waals surface area contributed by atoms with Gasteiger partial charge in [-0.25, -0.2) is 4.79 Å². The lowest BCUT2D eigenvalue weighted by molar-refractivity contribution is 0.149. The minimum Gasteiger partial charge on any atom is -0.467 e. The maximum absolute atomic E-state index is 12.0. The minimum absolute atomic E-state index is 0.0735. The highest BCUT2D eigenvalue weighted by molar-refractivity contribution is 6.01. The number of hydrogen-bond acceptors (Lipinski definition) is 3. The topological polar surface area (TPSA) is 74.5 Å². The maximum atomic E-state index is 12.0. The maximum Gasteiger partial charge on any atom is 0.319 e. The van der Waals surface area contributed by atoms with E-state index in [0.717, 1.165) is 16.5 Å². The summed E-state index contributed by atoms with van der Waals surface area (Å²) in [6, 6.07) is 16.5. The molecule has 0 fully saturated rings. The fraction of sp³-hybridized carbons (Fsp3) is 0.118. The Morgan fingerprint density at radius 1 is 1.09 bits per heavy atom. The Hall–Kier alpha value is -2.79. The van der Waals surface area contributed by atoms with Crippen molar-refractivity contribution in [3.05, 3.63) is 66.6 Å². The minimum atomic E-state index is -0.867. The first-order valence-electron chi connectivity index (χ1n) is 6.98. The molecular formula is C17H16N2O3. The fourth-order valence-electron chi connectivity index (χ4n) is 2.27. The lowest BCUT2D eigenvalue weighted by Gasteiger charge is -2.12. The van der Waals surface area contributed by atoms with Gasteiger partial charge in [0.25, 0.3) is 0 Å². The van der Waals surface area contributed by atoms with Crippen molar-refractivity contribution in [2.45, 2.75) is 6.10 Å². The second-order valence-electron chi connectivity index (χ2n) is 4.89. The van der Waals surface area contributed by atoms with E-state index in [0.29, 0.717) is 5.76 Å². The first-order chi connectivity index (χ1) is 10.7. The summed E-state index contributed by atoms with van der Waals surface area (Å²) in [6.07, 6.45) is 0.614. The summed E-state index contributed by atoms with van der Waals surface area (Å²) in [5, 5.41) is 17.3. The van der Waals surface area contributed by atoms with E-state index >= 15 is 0 Å². The molecule has 2 aromatic carbocycles. The van der Waals surface area contributed by atoms with Crippen molar-refractivity contribution in [2.75, 3.05) is 11.9 Å². The molecule has 1 unspecified atom stereocenters. The fourth-order valence-corrected chi connectivity index (χ4v) is 2.27. The largest absolute Gasteiger partial charge is 0.467 e. The number of aliphatic hydroxyl groups is 1. The van der Waals surface area contributed by atoms with Gasteiger partial charge in [-0.1, -0.05) is 36.4 Å². The van der Waals surface area contributed by atoms with Crippen molar-refractivity contribution in [3.8, 4) is 0 Å². The average molecular weight is 296 g/mol. The number of rotatable bonds is 4. The van der Waals surface area contributed by atoms with Crippen LogP contribution in [0.3, 0.4) is 0 Å². The zero-order chi connectivity index (χ0) is 15.4. The number of hydrogen-bond donors (Lipinski definition) is 3. The number of carbonyl (C=O) groups excluding carboxylic acids is 1. The molecule has 112 valence electrons. The molecule has 3 rings (SSSR count). The van der Waals surface area contributed by atoms with Gasteiger partial charge in [-0.2, -0.15) is 0 Å². The molecule has 1 heterocycles. The van der Waals surface area contributed by atoms with Crippen molar-refractivity contribution in [1.29, 1.82) is 0 Å². The third kappa shape index (κ3) is 3.10. The molecule has 2 amide bonds. The molecule has 0 bridgehead atoms. The first-order valence-corrected chi connectivity index (χ1v) is 6.98. The highest BCUT2D eigenvalue weighted by Crippen LogP contribution is 2.22. The second-order valence-corrected chi connectivity index (χ2v) is 4.89. The van der Waals surface area contributed by atoms with E-state index in [-0.39, 0.29) is 12.6 Å². The van der Waals surface area contributed by atoms with Gasteiger partial charge in [-0.05, 0) is 23.6 Å². The molecule has 0 saturated heterocycles. The van der Waals surface area contributed by atoms with Gasteiger partial charge in [-0.3, -0.25) is 0 Å². The van der Waals surface area contributed by atoms with Crippen LogP contribution in [0, 0.1) is 0 Å². The van der Waals surface area contributed by atoms with E-state index in [2.05, 4.69) is 10.6 Å². The van der Waals surface area contributed by atoms with Crippen LogP contribution in [0.1, 0.15) is 11.9 Å². The van der Waals surface area contributed by atoms with Crippen LogP contribution in [0.5, 0.6) is 0 Å². The van der Waals surface area contributed by atoms with E-state index in [4.69, 9.17) is 4.42 Å². The number of aliphatic hydroxyl groups excluding tert-OH is 1. The summed E-state index contributed by atoms with van der Waals surface area (Å²) in [7, 11) is 0. The summed E-state index contributed by atoms with van der Waals surface area (Å²) in [5.41, 5.74) is 0.725. The number of anilines is 1. The molecule has 1 atom stereocenters. The van der Waals surface area contributed by atoms with Crippen LogP contribution in [0.2, 0.25) is 0 Å². The standard InChI is InChI=1S/C17H16N2O3/c20-15(16-9-4-10-22-16)11-18-17(21)19-14-8-3-6-12-5-1-2-7-13(12)14/h1-10,15,20H,11H2,(H2,18,19,21). The molecule has 0 aliphatic rings. The molecule has 3 N–H and O–H groups in total. The van der Waals surface area contributed by atoms with Crippen LogP contribution in [0.25, 0.3) is 10.8 Å². The van der Waals surface area contributed by atoms with E-state index in [1.165, 1.54) is 6.26 Å². The van der Waals surface area contributed by atoms with Crippen LogP contribution in [-0.4, -0.2) is 17.7 Å². The van der Waals surface area contributed by atoms with E-state index < -0.39 is 6.10 Å². The lowest BCUT2D eigenvalue weighted by Crippen LogP contribution is -2.32. The van der Waals surface area contributed by atoms with Crippen LogP contribution < -0.4 is 10.6 Å². The van der Waals surface area contributed by atoms with Gasteiger partial charge in [0.2, 0.25) is 0 Å². The third-order valence-electron chi connectivity index (χ3n) is 3.37. The highest BCUT2D eigenvalue weighted by Gasteiger charge is 2.12. The van der Waals surface area contributed by atoms with Crippen LogP contribution in [0.4, 0.5) is 10.5 Å². The molecule has 22 heavy (non-hydrogen) atoms. The summed E-state index contributed by atoms with van der Waals surface area (Å²) in [6.45, 7) is 0.0735. The number of nitrogens with one attached hydrogen (secondary N) is 2. The SMILES string of the molecule is O=C(NCC(O)c1ccco1)Nc1cccc2ccccc12. The Labute approximate surface area is 127 Å². The number of furan rings is 1. The van der Waals surface area contributed by atoms with Gasteiger partial charge in [0.05, 0.1) is 18.5 Å². The van der Waals surface area contributed by atoms with Crippen molar-refractivity contribution in [3.63, 3.8) is 0 Å². The van der Waals surface area contributed by atoms with Crippen molar-refractivity contribution in [2.24, 2.45) is 0 Å². The van der Waals surface area contributed by atoms with E-state index in [1.807, 2.05) is 42.5 Å². The molecular weight excluding hydrogens is 280 g/mol. The van der Waals surface area contributed by atoms with Crippen molar-refractivity contribution in [1.82, 2.24) is 5.32 Å². The number of carbonyl (C=O) groups is 1. The molecule has 0 spiro atoms. The van der Waals surface area contributed by atoms with Crippen LogP contribution in [-0.2, 0) is 0 Å². The lowest BCUT2D eigenvalue weighted by atomic mass is 10.1. The monoisotopic (exact) mass is 296 g/mol. The van der Waals surface area contributed by atoms with Crippen molar-refractivity contribution < 1.29 is 14.3 Å². The molecule has 1 aromatic heterocycles. The molecule has 3 aromatic rings. The first kappa shape index (κ1) is 14.2. The Kier molecular flexibility index (Phi) is 4.07. The summed E-state index contributed by atoms with van der Waals surface area (Å²) in [4.78, 5) is 12.0. The van der Waals surface area contributed by atoms with E-state index in [9.17, 15) is 9.90 Å². The Bertz CT molecular complexity index is 763. The summed E-state index contributed by atoms with van der Waals surface area (Å²) >= 11 is 0. The Morgan fingerprint density at radius 2 is 1.91 bits per heavy atom. The zero-order valence-electron chi connectivity index (χ0n) is 11.8. The molecule has 5 heteroatoms. The van der Waals surface area contributed by atoms with Gasteiger partial charge in [0.1, 0.15) is 11.9 Å². The summed E-state index contributed by atoms with van der Waals surface area (Å²) < 4.78 is 5.08. The van der Waals surface area contributed by atoms with Gasteiger partial charge in [-0.15, -0.1) is 0 Å². The smallest absolute Gasteiger partial charge is 0.319 e. The average Bonchev–Trinajstić information content (AvgIpc) is 3.07. The quantitative estimate of drug-likeness (QED) is 0.691. The third-order valence-corrected chi connectivity index (χ3v) is 3.37. The normalized spacial score (nSPS) is 12.0. The molecule has 0 aliphatic carbocycles. The van der Waals surface area contributed by atoms with Gasteiger partial charge >= 0.3 is 6.03 Å². The second kappa shape index (κ2) is 6.32.